The van der Waals surface area contributed by atoms with E-state index in [-0.39, 0.29) is 13.0 Å². The molecule has 1 aliphatic rings. The molecule has 0 bridgehead atoms. The van der Waals surface area contributed by atoms with Crippen LogP contribution in [0.4, 0.5) is 0 Å². The van der Waals surface area contributed by atoms with Crippen LogP contribution in [0.2, 0.25) is 0 Å². The molecule has 1 heterocycles. The van der Waals surface area contributed by atoms with Crippen molar-refractivity contribution in [2.24, 2.45) is 0 Å². The Morgan fingerprint density at radius 1 is 1.23 bits per heavy atom. The van der Waals surface area contributed by atoms with E-state index < -0.39 is 5.97 Å². The highest BCUT2D eigenvalue weighted by Gasteiger charge is 2.14. The Morgan fingerprint density at radius 2 is 2.09 bits per heavy atom. The second kappa shape index (κ2) is 6.62. The minimum absolute atomic E-state index is 0.00228. The van der Waals surface area contributed by atoms with Crippen LogP contribution in [0.15, 0.2) is 42.5 Å². The first-order chi connectivity index (χ1) is 10.7. The topological polar surface area (TPSA) is 55.8 Å². The monoisotopic (exact) mass is 298 g/mol. The molecule has 3 rings (SSSR count). The highest BCUT2D eigenvalue weighted by Crippen LogP contribution is 2.31. The van der Waals surface area contributed by atoms with E-state index in [1.165, 1.54) is 16.7 Å². The average Bonchev–Trinajstić information content (AvgIpc) is 2.54. The summed E-state index contributed by atoms with van der Waals surface area (Å²) >= 11 is 0. The first kappa shape index (κ1) is 14.6. The zero-order valence-corrected chi connectivity index (χ0v) is 12.2. The summed E-state index contributed by atoms with van der Waals surface area (Å²) in [4.78, 5) is 10.5. The molecule has 0 fully saturated rings. The van der Waals surface area contributed by atoms with Crippen molar-refractivity contribution in [3.05, 3.63) is 53.6 Å². The zero-order chi connectivity index (χ0) is 15.4. The maximum Gasteiger partial charge on any atom is 0.306 e. The van der Waals surface area contributed by atoms with Crippen LogP contribution in [0.3, 0.4) is 0 Å². The molecule has 1 N–H and O–H groups in total. The Labute approximate surface area is 129 Å². The minimum atomic E-state index is -0.853. The largest absolute Gasteiger partial charge is 0.493 e. The Hall–Kier alpha value is -2.33. The Bertz CT molecular complexity index is 679. The van der Waals surface area contributed by atoms with Gasteiger partial charge < -0.3 is 14.6 Å². The number of carbonyl (C=O) groups is 1. The smallest absolute Gasteiger partial charge is 0.306 e. The van der Waals surface area contributed by atoms with Crippen molar-refractivity contribution in [3.8, 4) is 16.9 Å². The Morgan fingerprint density at radius 3 is 2.95 bits per heavy atom. The van der Waals surface area contributed by atoms with Crippen LogP contribution in [-0.2, 0) is 22.6 Å². The summed E-state index contributed by atoms with van der Waals surface area (Å²) in [7, 11) is 0. The van der Waals surface area contributed by atoms with Gasteiger partial charge in [-0.15, -0.1) is 0 Å². The lowest BCUT2D eigenvalue weighted by molar-refractivity contribution is -0.137. The number of carboxylic acid groups (broad SMARTS) is 1. The fourth-order valence-electron chi connectivity index (χ4n) is 2.70. The molecule has 0 radical (unpaired) electrons. The predicted molar refractivity (Wildman–Crippen MR) is 83.0 cm³/mol. The molecule has 22 heavy (non-hydrogen) atoms. The number of carboxylic acids is 1. The van der Waals surface area contributed by atoms with Crippen molar-refractivity contribution in [2.45, 2.75) is 19.4 Å². The van der Waals surface area contributed by atoms with Gasteiger partial charge in [-0.05, 0) is 40.8 Å². The van der Waals surface area contributed by atoms with Gasteiger partial charge in [-0.25, -0.2) is 0 Å². The second-order valence-corrected chi connectivity index (χ2v) is 5.27. The molecule has 0 atom stereocenters. The quantitative estimate of drug-likeness (QED) is 0.920. The third kappa shape index (κ3) is 3.28. The SMILES string of the molecule is O=C(O)CCOc1cccc(-c2cccc3c2CCOC3)c1. The van der Waals surface area contributed by atoms with Gasteiger partial charge in [0.05, 0.1) is 26.2 Å². The Kier molecular flexibility index (Phi) is 4.39. The number of ether oxygens (including phenoxy) is 2. The zero-order valence-electron chi connectivity index (χ0n) is 12.2. The van der Waals surface area contributed by atoms with Gasteiger partial charge in [0.2, 0.25) is 0 Å². The number of hydrogen-bond donors (Lipinski definition) is 1. The molecule has 0 saturated heterocycles. The van der Waals surface area contributed by atoms with Crippen molar-refractivity contribution in [1.82, 2.24) is 0 Å². The number of aliphatic carboxylic acids is 1. The standard InChI is InChI=1S/C18H18O4/c19-18(20)8-10-22-15-5-1-3-13(11-15)16-6-2-4-14-12-21-9-7-17(14)16/h1-6,11H,7-10,12H2,(H,19,20). The summed E-state index contributed by atoms with van der Waals surface area (Å²) < 4.78 is 11.0. The molecule has 0 aliphatic carbocycles. The normalized spacial score (nSPS) is 13.5. The minimum Gasteiger partial charge on any atom is -0.493 e. The van der Waals surface area contributed by atoms with E-state index in [1.54, 1.807) is 0 Å². The van der Waals surface area contributed by atoms with Gasteiger partial charge in [-0.3, -0.25) is 4.79 Å². The molecule has 0 saturated carbocycles. The molecular formula is C18H18O4. The van der Waals surface area contributed by atoms with Gasteiger partial charge in [-0.1, -0.05) is 30.3 Å². The number of rotatable bonds is 5. The van der Waals surface area contributed by atoms with Crippen molar-refractivity contribution in [2.75, 3.05) is 13.2 Å². The molecule has 1 aliphatic heterocycles. The second-order valence-electron chi connectivity index (χ2n) is 5.27. The molecule has 0 unspecified atom stereocenters. The first-order valence-electron chi connectivity index (χ1n) is 7.37. The molecule has 0 aromatic heterocycles. The molecule has 0 amide bonds. The third-order valence-electron chi connectivity index (χ3n) is 3.76. The maximum atomic E-state index is 10.5. The van der Waals surface area contributed by atoms with Crippen molar-refractivity contribution in [1.29, 1.82) is 0 Å². The maximum absolute atomic E-state index is 10.5. The van der Waals surface area contributed by atoms with Gasteiger partial charge in [0.1, 0.15) is 5.75 Å². The van der Waals surface area contributed by atoms with E-state index in [9.17, 15) is 4.79 Å². The summed E-state index contributed by atoms with van der Waals surface area (Å²) in [6, 6.07) is 14.1. The van der Waals surface area contributed by atoms with E-state index in [4.69, 9.17) is 14.6 Å². The highest BCUT2D eigenvalue weighted by molar-refractivity contribution is 5.70. The van der Waals surface area contributed by atoms with Gasteiger partial charge in [0, 0.05) is 0 Å². The van der Waals surface area contributed by atoms with Crippen LogP contribution in [-0.4, -0.2) is 24.3 Å². The number of benzene rings is 2. The molecule has 0 spiro atoms. The fourth-order valence-corrected chi connectivity index (χ4v) is 2.70. The van der Waals surface area contributed by atoms with Gasteiger partial charge in [-0.2, -0.15) is 0 Å². The van der Waals surface area contributed by atoms with E-state index in [0.717, 1.165) is 18.6 Å². The van der Waals surface area contributed by atoms with Crippen LogP contribution < -0.4 is 4.74 Å². The molecular weight excluding hydrogens is 280 g/mol. The lowest BCUT2D eigenvalue weighted by Gasteiger charge is -2.20. The van der Waals surface area contributed by atoms with E-state index >= 15 is 0 Å². The summed E-state index contributed by atoms with van der Waals surface area (Å²) in [5.74, 6) is -0.156. The van der Waals surface area contributed by atoms with Crippen LogP contribution >= 0.6 is 0 Å². The van der Waals surface area contributed by atoms with Gasteiger partial charge >= 0.3 is 5.97 Å². The molecule has 2 aromatic rings. The van der Waals surface area contributed by atoms with Crippen LogP contribution in [0, 0.1) is 0 Å². The predicted octanol–water partition coefficient (Wildman–Crippen LogP) is 3.28. The average molecular weight is 298 g/mol. The van der Waals surface area contributed by atoms with Gasteiger partial charge in [0.25, 0.3) is 0 Å². The number of fused-ring (bicyclic) bond motifs is 1. The summed E-state index contributed by atoms with van der Waals surface area (Å²) in [6.45, 7) is 1.59. The molecule has 114 valence electrons. The van der Waals surface area contributed by atoms with Crippen molar-refractivity contribution >= 4 is 5.97 Å². The van der Waals surface area contributed by atoms with Crippen LogP contribution in [0.1, 0.15) is 17.5 Å². The molecule has 4 heteroatoms. The number of hydrogen-bond acceptors (Lipinski definition) is 3. The van der Waals surface area contributed by atoms with Crippen molar-refractivity contribution < 1.29 is 19.4 Å². The summed E-state index contributed by atoms with van der Waals surface area (Å²) in [5, 5.41) is 8.66. The summed E-state index contributed by atoms with van der Waals surface area (Å²) in [5.41, 5.74) is 4.86. The van der Waals surface area contributed by atoms with E-state index in [1.807, 2.05) is 24.3 Å². The summed E-state index contributed by atoms with van der Waals surface area (Å²) in [6.07, 6.45) is 0.915. The highest BCUT2D eigenvalue weighted by atomic mass is 16.5. The lowest BCUT2D eigenvalue weighted by atomic mass is 9.92. The Balaban J connectivity index is 1.85. The molecule has 2 aromatic carbocycles. The third-order valence-corrected chi connectivity index (χ3v) is 3.76. The lowest BCUT2D eigenvalue weighted by Crippen LogP contribution is -2.10. The van der Waals surface area contributed by atoms with E-state index in [0.29, 0.717) is 12.4 Å². The fraction of sp³-hybridized carbons (Fsp3) is 0.278. The molecule has 4 nitrogen and oxygen atoms in total. The first-order valence-corrected chi connectivity index (χ1v) is 7.37. The van der Waals surface area contributed by atoms with Gasteiger partial charge in [0.15, 0.2) is 0 Å². The van der Waals surface area contributed by atoms with Crippen LogP contribution in [0.25, 0.3) is 11.1 Å². The van der Waals surface area contributed by atoms with Crippen molar-refractivity contribution in [3.63, 3.8) is 0 Å². The van der Waals surface area contributed by atoms with Crippen LogP contribution in [0.5, 0.6) is 5.75 Å². The van der Waals surface area contributed by atoms with E-state index in [2.05, 4.69) is 18.2 Å².